The highest BCUT2D eigenvalue weighted by molar-refractivity contribution is 7.98. The molecule has 0 aliphatic carbocycles. The molecule has 0 radical (unpaired) electrons. The second-order valence-corrected chi connectivity index (χ2v) is 8.25. The first-order chi connectivity index (χ1) is 11.9. The van der Waals surface area contributed by atoms with Gasteiger partial charge in [0, 0.05) is 11.5 Å². The van der Waals surface area contributed by atoms with Gasteiger partial charge in [0.2, 0.25) is 10.0 Å². The van der Waals surface area contributed by atoms with E-state index in [0.29, 0.717) is 5.75 Å². The lowest BCUT2D eigenvalue weighted by atomic mass is 10.2. The smallest absolute Gasteiger partial charge is 0.324 e. The van der Waals surface area contributed by atoms with Crippen molar-refractivity contribution in [2.75, 3.05) is 12.9 Å². The first-order valence-electron chi connectivity index (χ1n) is 7.40. The molecule has 2 rings (SSSR count). The number of halogens is 1. The minimum atomic E-state index is -3.94. The molecule has 0 amide bonds. The van der Waals surface area contributed by atoms with E-state index in [4.69, 9.17) is 16.3 Å². The normalized spacial score (nSPS) is 12.6. The fourth-order valence-electron chi connectivity index (χ4n) is 2.07. The van der Waals surface area contributed by atoms with Crippen LogP contribution < -0.4 is 4.72 Å². The van der Waals surface area contributed by atoms with Crippen LogP contribution in [0.15, 0.2) is 59.5 Å². The molecule has 8 heteroatoms. The predicted octanol–water partition coefficient (Wildman–Crippen LogP) is 3.09. The van der Waals surface area contributed by atoms with Gasteiger partial charge in [-0.05, 0) is 17.7 Å². The molecule has 0 saturated carbocycles. The van der Waals surface area contributed by atoms with Crippen molar-refractivity contribution in [2.24, 2.45) is 0 Å². The van der Waals surface area contributed by atoms with Gasteiger partial charge in [-0.2, -0.15) is 16.5 Å². The summed E-state index contributed by atoms with van der Waals surface area (Å²) in [5.74, 6) is 0.254. The molecule has 0 saturated heterocycles. The van der Waals surface area contributed by atoms with Crippen LogP contribution in [0, 0.1) is 0 Å². The van der Waals surface area contributed by atoms with Crippen molar-refractivity contribution >= 4 is 39.4 Å². The van der Waals surface area contributed by atoms with Crippen molar-refractivity contribution in [2.45, 2.75) is 16.7 Å². The van der Waals surface area contributed by atoms with Gasteiger partial charge in [0.25, 0.3) is 0 Å². The molecule has 1 unspecified atom stereocenters. The van der Waals surface area contributed by atoms with Crippen LogP contribution in [0.3, 0.4) is 0 Å². The number of carbonyl (C=O) groups excluding carboxylic acids is 1. The maximum absolute atomic E-state index is 12.5. The van der Waals surface area contributed by atoms with E-state index in [9.17, 15) is 13.2 Å². The zero-order valence-electron chi connectivity index (χ0n) is 13.5. The van der Waals surface area contributed by atoms with Gasteiger partial charge in [-0.1, -0.05) is 54.1 Å². The lowest BCUT2D eigenvalue weighted by Gasteiger charge is -2.17. The number of hydrogen-bond acceptors (Lipinski definition) is 5. The summed E-state index contributed by atoms with van der Waals surface area (Å²) in [6.07, 6.45) is 0. The van der Waals surface area contributed by atoms with Crippen LogP contribution in [0.4, 0.5) is 0 Å². The summed E-state index contributed by atoms with van der Waals surface area (Å²) in [6, 6.07) is 14.8. The van der Waals surface area contributed by atoms with Gasteiger partial charge in [0.05, 0.1) is 12.1 Å². The summed E-state index contributed by atoms with van der Waals surface area (Å²) in [7, 11) is -2.71. The van der Waals surface area contributed by atoms with Gasteiger partial charge in [0.15, 0.2) is 0 Å². The number of hydrogen-bond donors (Lipinski definition) is 1. The first kappa shape index (κ1) is 19.8. The van der Waals surface area contributed by atoms with Gasteiger partial charge in [-0.15, -0.1) is 0 Å². The van der Waals surface area contributed by atoms with Gasteiger partial charge in [0.1, 0.15) is 10.9 Å². The van der Waals surface area contributed by atoms with Gasteiger partial charge in [-0.25, -0.2) is 8.42 Å². The summed E-state index contributed by atoms with van der Waals surface area (Å²) < 4.78 is 32.1. The van der Waals surface area contributed by atoms with Crippen LogP contribution >= 0.6 is 23.4 Å². The Morgan fingerprint density at radius 1 is 1.16 bits per heavy atom. The van der Waals surface area contributed by atoms with E-state index in [-0.39, 0.29) is 15.7 Å². The van der Waals surface area contributed by atoms with Crippen LogP contribution in [-0.4, -0.2) is 33.3 Å². The summed E-state index contributed by atoms with van der Waals surface area (Å²) in [5, 5.41) is 0.0931. The number of methoxy groups -OCH3 is 1. The summed E-state index contributed by atoms with van der Waals surface area (Å²) >= 11 is 7.39. The van der Waals surface area contributed by atoms with Gasteiger partial charge < -0.3 is 4.74 Å². The quantitative estimate of drug-likeness (QED) is 0.690. The molecule has 0 spiro atoms. The van der Waals surface area contributed by atoms with Crippen molar-refractivity contribution in [1.82, 2.24) is 4.72 Å². The minimum absolute atomic E-state index is 0.0707. The molecular formula is C17H18ClNO4S2. The van der Waals surface area contributed by atoms with Crippen molar-refractivity contribution in [3.63, 3.8) is 0 Å². The highest BCUT2D eigenvalue weighted by Crippen LogP contribution is 2.21. The van der Waals surface area contributed by atoms with Crippen LogP contribution in [0.2, 0.25) is 5.02 Å². The van der Waals surface area contributed by atoms with E-state index in [1.54, 1.807) is 12.1 Å². The lowest BCUT2D eigenvalue weighted by molar-refractivity contribution is -0.141. The molecule has 0 aliphatic rings. The Hall–Kier alpha value is -1.54. The Labute approximate surface area is 156 Å². The molecule has 1 N–H and O–H groups in total. The van der Waals surface area contributed by atoms with E-state index < -0.39 is 22.0 Å². The van der Waals surface area contributed by atoms with E-state index in [2.05, 4.69) is 4.72 Å². The number of benzene rings is 2. The number of nitrogens with one attached hydrogen (secondary N) is 1. The average molecular weight is 400 g/mol. The third-order valence-electron chi connectivity index (χ3n) is 3.31. The third-order valence-corrected chi connectivity index (χ3v) is 6.38. The van der Waals surface area contributed by atoms with Crippen LogP contribution in [0.25, 0.3) is 0 Å². The second-order valence-electron chi connectivity index (χ2n) is 5.13. The SMILES string of the molecule is COC(=O)C(CSCc1ccccc1)NS(=O)(=O)c1ccccc1Cl. The number of esters is 1. The largest absolute Gasteiger partial charge is 0.468 e. The molecule has 25 heavy (non-hydrogen) atoms. The molecule has 0 aromatic heterocycles. The monoisotopic (exact) mass is 399 g/mol. The molecule has 0 aliphatic heterocycles. The fraction of sp³-hybridized carbons (Fsp3) is 0.235. The number of ether oxygens (including phenoxy) is 1. The Kier molecular flexibility index (Phi) is 7.31. The predicted molar refractivity (Wildman–Crippen MR) is 100 cm³/mol. The van der Waals surface area contributed by atoms with E-state index >= 15 is 0 Å². The van der Waals surface area contributed by atoms with E-state index in [0.717, 1.165) is 5.56 Å². The molecular weight excluding hydrogens is 382 g/mol. The molecule has 134 valence electrons. The maximum atomic E-state index is 12.5. The van der Waals surface area contributed by atoms with Crippen LogP contribution in [0.1, 0.15) is 5.56 Å². The molecule has 5 nitrogen and oxygen atoms in total. The molecule has 2 aromatic carbocycles. The van der Waals surface area contributed by atoms with Gasteiger partial charge in [-0.3, -0.25) is 4.79 Å². The molecule has 2 aromatic rings. The van der Waals surface area contributed by atoms with Crippen molar-refractivity contribution < 1.29 is 17.9 Å². The zero-order chi connectivity index (χ0) is 18.3. The van der Waals surface area contributed by atoms with E-state index in [1.807, 2.05) is 30.3 Å². The van der Waals surface area contributed by atoms with Crippen molar-refractivity contribution in [1.29, 1.82) is 0 Å². The zero-order valence-corrected chi connectivity index (χ0v) is 15.9. The van der Waals surface area contributed by atoms with Crippen molar-refractivity contribution in [3.05, 3.63) is 65.2 Å². The molecule has 1 atom stereocenters. The van der Waals surface area contributed by atoms with E-state index in [1.165, 1.54) is 31.0 Å². The number of carbonyl (C=O) groups is 1. The van der Waals surface area contributed by atoms with Gasteiger partial charge >= 0.3 is 5.97 Å². The second kappa shape index (κ2) is 9.24. The molecule has 0 bridgehead atoms. The molecule has 0 heterocycles. The first-order valence-corrected chi connectivity index (χ1v) is 10.4. The average Bonchev–Trinajstić information content (AvgIpc) is 2.61. The number of rotatable bonds is 8. The third kappa shape index (κ3) is 5.74. The fourth-order valence-corrected chi connectivity index (χ4v) is 4.89. The summed E-state index contributed by atoms with van der Waals surface area (Å²) in [6.45, 7) is 0. The van der Waals surface area contributed by atoms with Crippen molar-refractivity contribution in [3.8, 4) is 0 Å². The van der Waals surface area contributed by atoms with Crippen LogP contribution in [0.5, 0.6) is 0 Å². The Balaban J connectivity index is 2.07. The minimum Gasteiger partial charge on any atom is -0.468 e. The Morgan fingerprint density at radius 2 is 1.80 bits per heavy atom. The molecule has 0 fully saturated rings. The Bertz CT molecular complexity index is 812. The Morgan fingerprint density at radius 3 is 2.44 bits per heavy atom. The lowest BCUT2D eigenvalue weighted by Crippen LogP contribution is -2.43. The van der Waals surface area contributed by atoms with Crippen LogP contribution in [-0.2, 0) is 25.3 Å². The maximum Gasteiger partial charge on any atom is 0.324 e. The highest BCUT2D eigenvalue weighted by atomic mass is 35.5. The number of sulfonamides is 1. The summed E-state index contributed by atoms with van der Waals surface area (Å²) in [4.78, 5) is 11.9. The highest BCUT2D eigenvalue weighted by Gasteiger charge is 2.27. The standard InChI is InChI=1S/C17H18ClNO4S2/c1-23-17(20)15(12-24-11-13-7-3-2-4-8-13)19-25(21,22)16-10-6-5-9-14(16)18/h2-10,15,19H,11-12H2,1H3. The topological polar surface area (TPSA) is 72.5 Å². The number of thioether (sulfide) groups is 1. The summed E-state index contributed by atoms with van der Waals surface area (Å²) in [5.41, 5.74) is 1.09.